The van der Waals surface area contributed by atoms with Crippen LogP contribution in [-0.2, 0) is 14.8 Å². The summed E-state index contributed by atoms with van der Waals surface area (Å²) in [6, 6.07) is 10.7. The van der Waals surface area contributed by atoms with Crippen LogP contribution in [0.4, 0.5) is 11.4 Å². The number of ether oxygens (including phenoxy) is 1. The van der Waals surface area contributed by atoms with Crippen molar-refractivity contribution in [1.29, 1.82) is 0 Å². The van der Waals surface area contributed by atoms with Crippen molar-refractivity contribution in [3.05, 3.63) is 58.1 Å². The maximum absolute atomic E-state index is 12.9. The summed E-state index contributed by atoms with van der Waals surface area (Å²) in [5.74, 6) is -0.763. The highest BCUT2D eigenvalue weighted by molar-refractivity contribution is 7.89. The lowest BCUT2D eigenvalue weighted by molar-refractivity contribution is -0.384. The number of nitrogens with zero attached hydrogens (tertiary/aromatic N) is 2. The number of aryl methyl sites for hydroxylation is 1. The van der Waals surface area contributed by atoms with Gasteiger partial charge in [-0.2, -0.15) is 4.31 Å². The van der Waals surface area contributed by atoms with Gasteiger partial charge in [0.1, 0.15) is 11.4 Å². The minimum Gasteiger partial charge on any atom is -0.496 e. The zero-order chi connectivity index (χ0) is 21.9. The monoisotopic (exact) mass is 433 g/mol. The highest BCUT2D eigenvalue weighted by atomic mass is 32.2. The largest absolute Gasteiger partial charge is 0.496 e. The molecule has 1 aliphatic heterocycles. The number of hydrogen-bond donors (Lipinski definition) is 1. The van der Waals surface area contributed by atoms with Crippen LogP contribution in [0, 0.1) is 23.0 Å². The summed E-state index contributed by atoms with van der Waals surface area (Å²) in [6.07, 6.45) is 1.02. The summed E-state index contributed by atoms with van der Waals surface area (Å²) in [4.78, 5) is 23.7. The van der Waals surface area contributed by atoms with Crippen LogP contribution in [0.1, 0.15) is 18.4 Å². The molecule has 0 unspecified atom stereocenters. The fraction of sp³-hybridized carbons (Fsp3) is 0.350. The molecule has 1 aliphatic rings. The predicted molar refractivity (Wildman–Crippen MR) is 111 cm³/mol. The number of carbonyl (C=O) groups is 1. The molecule has 0 saturated carbocycles. The number of benzene rings is 2. The quantitative estimate of drug-likeness (QED) is 0.553. The lowest BCUT2D eigenvalue weighted by Gasteiger charge is -2.31. The van der Waals surface area contributed by atoms with Gasteiger partial charge >= 0.3 is 0 Å². The van der Waals surface area contributed by atoms with Gasteiger partial charge < -0.3 is 10.1 Å². The topological polar surface area (TPSA) is 119 Å². The van der Waals surface area contributed by atoms with Gasteiger partial charge in [0, 0.05) is 13.1 Å². The molecule has 1 amide bonds. The molecule has 10 heteroatoms. The molecule has 9 nitrogen and oxygen atoms in total. The van der Waals surface area contributed by atoms with Crippen LogP contribution >= 0.6 is 0 Å². The Kier molecular flexibility index (Phi) is 6.37. The van der Waals surface area contributed by atoms with Crippen LogP contribution in [0.5, 0.6) is 5.75 Å². The van der Waals surface area contributed by atoms with Crippen molar-refractivity contribution in [3.63, 3.8) is 0 Å². The lowest BCUT2D eigenvalue weighted by Crippen LogP contribution is -2.43. The zero-order valence-corrected chi connectivity index (χ0v) is 17.5. The first kappa shape index (κ1) is 21.7. The van der Waals surface area contributed by atoms with E-state index in [2.05, 4.69) is 5.32 Å². The van der Waals surface area contributed by atoms with E-state index in [1.807, 2.05) is 6.92 Å². The molecule has 30 heavy (non-hydrogen) atoms. The van der Waals surface area contributed by atoms with Gasteiger partial charge in [0.25, 0.3) is 5.69 Å². The fourth-order valence-corrected chi connectivity index (χ4v) is 4.89. The van der Waals surface area contributed by atoms with Gasteiger partial charge in [0.15, 0.2) is 0 Å². The molecule has 0 spiro atoms. The van der Waals surface area contributed by atoms with Crippen LogP contribution in [-0.4, -0.2) is 43.8 Å². The number of nitro groups is 1. The molecule has 0 radical (unpaired) electrons. The Morgan fingerprint density at radius 2 is 1.93 bits per heavy atom. The number of methoxy groups -OCH3 is 1. The van der Waals surface area contributed by atoms with E-state index < -0.39 is 26.8 Å². The van der Waals surface area contributed by atoms with E-state index >= 15 is 0 Å². The highest BCUT2D eigenvalue weighted by Crippen LogP contribution is 2.30. The summed E-state index contributed by atoms with van der Waals surface area (Å²) in [6.45, 7) is 2.21. The number of piperidine rings is 1. The van der Waals surface area contributed by atoms with Crippen molar-refractivity contribution in [2.24, 2.45) is 5.92 Å². The average molecular weight is 433 g/mol. The van der Waals surface area contributed by atoms with E-state index in [1.54, 1.807) is 24.3 Å². The Morgan fingerprint density at radius 3 is 2.57 bits per heavy atom. The zero-order valence-electron chi connectivity index (χ0n) is 16.7. The molecule has 1 atom stereocenters. The summed E-state index contributed by atoms with van der Waals surface area (Å²) in [5, 5.41) is 13.9. The molecule has 160 valence electrons. The lowest BCUT2D eigenvalue weighted by atomic mass is 9.98. The molecule has 2 aromatic carbocycles. The van der Waals surface area contributed by atoms with Gasteiger partial charge in [-0.15, -0.1) is 0 Å². The summed E-state index contributed by atoms with van der Waals surface area (Å²) >= 11 is 0. The summed E-state index contributed by atoms with van der Waals surface area (Å²) in [5.41, 5.74) is 0.706. The van der Waals surface area contributed by atoms with Gasteiger partial charge in [-0.1, -0.05) is 17.7 Å². The Morgan fingerprint density at radius 1 is 1.23 bits per heavy atom. The van der Waals surface area contributed by atoms with Crippen molar-refractivity contribution < 1.29 is 22.9 Å². The van der Waals surface area contributed by atoms with E-state index in [9.17, 15) is 23.3 Å². The van der Waals surface area contributed by atoms with E-state index in [-0.39, 0.29) is 22.8 Å². The van der Waals surface area contributed by atoms with Crippen molar-refractivity contribution in [2.75, 3.05) is 25.5 Å². The normalized spacial score (nSPS) is 17.3. The van der Waals surface area contributed by atoms with Crippen molar-refractivity contribution in [3.8, 4) is 5.75 Å². The Balaban J connectivity index is 1.76. The van der Waals surface area contributed by atoms with Crippen LogP contribution in [0.25, 0.3) is 0 Å². The third-order valence-corrected chi connectivity index (χ3v) is 6.95. The summed E-state index contributed by atoms with van der Waals surface area (Å²) < 4.78 is 32.2. The number of sulfonamides is 1. The van der Waals surface area contributed by atoms with Crippen molar-refractivity contribution >= 4 is 27.3 Å². The molecule has 1 fully saturated rings. The SMILES string of the molecule is COc1ccc(NC(=O)[C@@H]2CCCN(S(=O)(=O)c3ccc(C)cc3)C2)c([N+](=O)[O-])c1. The highest BCUT2D eigenvalue weighted by Gasteiger charge is 2.34. The van der Waals surface area contributed by atoms with E-state index in [0.717, 1.165) is 5.56 Å². The third-order valence-electron chi connectivity index (χ3n) is 5.07. The maximum Gasteiger partial charge on any atom is 0.296 e. The third kappa shape index (κ3) is 4.60. The standard InChI is InChI=1S/C20H23N3O6S/c1-14-5-8-17(9-6-14)30(27,28)22-11-3-4-15(13-22)20(24)21-18-10-7-16(29-2)12-19(18)23(25)26/h5-10,12,15H,3-4,11,13H2,1-2H3,(H,21,24)/t15-/m1/s1. The Hall–Kier alpha value is -2.98. The molecule has 0 aliphatic carbocycles. The number of nitrogens with one attached hydrogen (secondary N) is 1. The smallest absolute Gasteiger partial charge is 0.296 e. The molecule has 1 N–H and O–H groups in total. The van der Waals surface area contributed by atoms with Crippen molar-refractivity contribution in [1.82, 2.24) is 4.31 Å². The second kappa shape index (κ2) is 8.80. The van der Waals surface area contributed by atoms with Gasteiger partial charge in [-0.25, -0.2) is 8.42 Å². The first-order chi connectivity index (χ1) is 14.2. The second-order valence-electron chi connectivity index (χ2n) is 7.14. The molecule has 1 saturated heterocycles. The van der Waals surface area contributed by atoms with Gasteiger partial charge in [-0.05, 0) is 44.0 Å². The molecule has 1 heterocycles. The molecule has 0 aromatic heterocycles. The summed E-state index contributed by atoms with van der Waals surface area (Å²) in [7, 11) is -2.33. The number of carbonyl (C=O) groups excluding carboxylic acids is 1. The van der Waals surface area contributed by atoms with Gasteiger partial charge in [-0.3, -0.25) is 14.9 Å². The number of amides is 1. The molecule has 0 bridgehead atoms. The van der Waals surface area contributed by atoms with Gasteiger partial charge in [0.2, 0.25) is 15.9 Å². The molecular formula is C20H23N3O6S. The fourth-order valence-electron chi connectivity index (χ4n) is 3.36. The van der Waals surface area contributed by atoms with E-state index in [4.69, 9.17) is 4.74 Å². The number of rotatable bonds is 6. The molecular weight excluding hydrogens is 410 g/mol. The number of hydrogen-bond acceptors (Lipinski definition) is 6. The maximum atomic E-state index is 12.9. The van der Waals surface area contributed by atoms with E-state index in [1.165, 1.54) is 29.6 Å². The Bertz CT molecular complexity index is 1050. The van der Waals surface area contributed by atoms with Crippen molar-refractivity contribution in [2.45, 2.75) is 24.7 Å². The first-order valence-electron chi connectivity index (χ1n) is 9.42. The van der Waals surface area contributed by atoms with Crippen LogP contribution < -0.4 is 10.1 Å². The Labute approximate surface area is 174 Å². The molecule has 2 aromatic rings. The number of nitro benzene ring substituents is 1. The minimum absolute atomic E-state index is 0.0198. The predicted octanol–water partition coefficient (Wildman–Crippen LogP) is 2.95. The van der Waals surface area contributed by atoms with Crippen LogP contribution in [0.2, 0.25) is 0 Å². The van der Waals surface area contributed by atoms with Crippen LogP contribution in [0.15, 0.2) is 47.4 Å². The molecule has 3 rings (SSSR count). The second-order valence-corrected chi connectivity index (χ2v) is 9.08. The van der Waals surface area contributed by atoms with Crippen LogP contribution in [0.3, 0.4) is 0 Å². The average Bonchev–Trinajstić information content (AvgIpc) is 2.74. The minimum atomic E-state index is -3.72. The number of anilines is 1. The van der Waals surface area contributed by atoms with E-state index in [0.29, 0.717) is 25.1 Å². The van der Waals surface area contributed by atoms with Gasteiger partial charge in [0.05, 0.1) is 28.9 Å². The first-order valence-corrected chi connectivity index (χ1v) is 10.9.